The Hall–Kier alpha value is -1.67. The number of nitrogens with one attached hydrogen (secondary N) is 2. The molecule has 0 aromatic carbocycles. The Morgan fingerprint density at radius 2 is 2.07 bits per heavy atom. The number of hydrogen-bond donors (Lipinski definition) is 2. The Morgan fingerprint density at radius 1 is 1.25 bits per heavy atom. The molecule has 0 aliphatic carbocycles. The Labute approximate surface area is 170 Å². The number of rotatable bonds is 12. The summed E-state index contributed by atoms with van der Waals surface area (Å²) in [6.45, 7) is 13.9. The van der Waals surface area contributed by atoms with Crippen molar-refractivity contribution in [2.75, 3.05) is 45.9 Å². The van der Waals surface area contributed by atoms with E-state index in [1.54, 1.807) is 6.33 Å². The predicted molar refractivity (Wildman–Crippen MR) is 114 cm³/mol. The Bertz CT molecular complexity index is 553. The van der Waals surface area contributed by atoms with E-state index >= 15 is 0 Å². The molecule has 0 radical (unpaired) electrons. The van der Waals surface area contributed by atoms with Gasteiger partial charge in [0.25, 0.3) is 0 Å². The second-order valence-corrected chi connectivity index (χ2v) is 7.26. The summed E-state index contributed by atoms with van der Waals surface area (Å²) in [5.41, 5.74) is 0. The van der Waals surface area contributed by atoms with Gasteiger partial charge in [0.1, 0.15) is 12.2 Å². The van der Waals surface area contributed by atoms with E-state index in [0.717, 1.165) is 57.5 Å². The van der Waals surface area contributed by atoms with Gasteiger partial charge in [-0.05, 0) is 39.2 Å². The third kappa shape index (κ3) is 8.14. The van der Waals surface area contributed by atoms with Crippen LogP contribution in [0.25, 0.3) is 0 Å². The van der Waals surface area contributed by atoms with E-state index in [0.29, 0.717) is 6.04 Å². The lowest BCUT2D eigenvalue weighted by Crippen LogP contribution is -2.49. The molecule has 0 bridgehead atoms. The third-order valence-corrected chi connectivity index (χ3v) is 5.05. The number of hydrogen-bond acceptors (Lipinski definition) is 5. The Kier molecular flexibility index (Phi) is 10.9. The number of aromatic nitrogens is 3. The van der Waals surface area contributed by atoms with Gasteiger partial charge >= 0.3 is 0 Å². The molecular weight excluding hydrogens is 354 g/mol. The van der Waals surface area contributed by atoms with Crippen LogP contribution in [0.15, 0.2) is 11.3 Å². The summed E-state index contributed by atoms with van der Waals surface area (Å²) in [7, 11) is 0. The molecule has 1 aliphatic rings. The van der Waals surface area contributed by atoms with Crippen molar-refractivity contribution >= 4 is 5.96 Å². The summed E-state index contributed by atoms with van der Waals surface area (Å²) in [6, 6.07) is 0.493. The molecule has 0 atom stereocenters. The van der Waals surface area contributed by atoms with Gasteiger partial charge in [-0.2, -0.15) is 0 Å². The van der Waals surface area contributed by atoms with Crippen LogP contribution in [-0.2, 0) is 17.7 Å². The van der Waals surface area contributed by atoms with Gasteiger partial charge in [-0.15, -0.1) is 10.2 Å². The molecule has 8 nitrogen and oxygen atoms in total. The van der Waals surface area contributed by atoms with Crippen molar-refractivity contribution in [1.82, 2.24) is 30.3 Å². The van der Waals surface area contributed by atoms with Crippen LogP contribution in [0.4, 0.5) is 0 Å². The molecule has 2 heterocycles. The highest BCUT2D eigenvalue weighted by Gasteiger charge is 2.19. The summed E-state index contributed by atoms with van der Waals surface area (Å²) < 4.78 is 7.52. The summed E-state index contributed by atoms with van der Waals surface area (Å²) in [5.74, 6) is 1.94. The molecule has 160 valence electrons. The van der Waals surface area contributed by atoms with Crippen molar-refractivity contribution in [1.29, 1.82) is 0 Å². The molecular formula is C20H39N7O. The van der Waals surface area contributed by atoms with Gasteiger partial charge in [-0.25, -0.2) is 0 Å². The lowest BCUT2D eigenvalue weighted by molar-refractivity contribution is 0.146. The first-order valence-electron chi connectivity index (χ1n) is 11.0. The quantitative estimate of drug-likeness (QED) is 0.320. The molecule has 2 rings (SSSR count). The average molecular weight is 394 g/mol. The largest absolute Gasteiger partial charge is 0.382 e. The van der Waals surface area contributed by atoms with Crippen LogP contribution in [-0.4, -0.2) is 77.6 Å². The Balaban J connectivity index is 1.81. The van der Waals surface area contributed by atoms with Crippen molar-refractivity contribution in [3.05, 3.63) is 12.2 Å². The van der Waals surface area contributed by atoms with Gasteiger partial charge in [0.15, 0.2) is 5.96 Å². The molecule has 0 unspecified atom stereocenters. The second-order valence-electron chi connectivity index (χ2n) is 7.26. The van der Waals surface area contributed by atoms with E-state index in [2.05, 4.69) is 44.1 Å². The fraction of sp³-hybridized carbons (Fsp3) is 0.850. The molecule has 1 saturated heterocycles. The van der Waals surface area contributed by atoms with Crippen LogP contribution in [0.3, 0.4) is 0 Å². The zero-order valence-electron chi connectivity index (χ0n) is 18.0. The standard InChI is InChI=1S/C20H39N7O/c1-4-12-26-13-8-18(9-14-26)24-20(21-10-7-16-28-6-3)22-11-15-27-17-23-25-19(27)5-2/h17-18H,4-16H2,1-3H3,(H2,21,22,24). The van der Waals surface area contributed by atoms with Crippen molar-refractivity contribution in [3.63, 3.8) is 0 Å². The number of aryl methyl sites for hydroxylation is 1. The van der Waals surface area contributed by atoms with Crippen LogP contribution in [0.5, 0.6) is 0 Å². The minimum absolute atomic E-state index is 0.493. The number of aliphatic imine (C=N–C) groups is 1. The van der Waals surface area contributed by atoms with Gasteiger partial charge in [0.2, 0.25) is 0 Å². The molecule has 1 aromatic rings. The van der Waals surface area contributed by atoms with E-state index in [1.807, 2.05) is 6.92 Å². The second kappa shape index (κ2) is 13.5. The summed E-state index contributed by atoms with van der Waals surface area (Å²) in [6.07, 6.45) is 7.22. The topological polar surface area (TPSA) is 79.6 Å². The van der Waals surface area contributed by atoms with Crippen LogP contribution in [0.1, 0.15) is 52.3 Å². The molecule has 2 N–H and O–H groups in total. The van der Waals surface area contributed by atoms with E-state index in [9.17, 15) is 0 Å². The summed E-state index contributed by atoms with van der Waals surface area (Å²) in [4.78, 5) is 7.33. The first-order valence-corrected chi connectivity index (χ1v) is 11.0. The fourth-order valence-corrected chi connectivity index (χ4v) is 3.50. The van der Waals surface area contributed by atoms with Crippen LogP contribution < -0.4 is 10.6 Å². The van der Waals surface area contributed by atoms with Crippen LogP contribution >= 0.6 is 0 Å². The van der Waals surface area contributed by atoms with Gasteiger partial charge in [0, 0.05) is 58.4 Å². The first-order chi connectivity index (χ1) is 13.8. The van der Waals surface area contributed by atoms with E-state index in [1.165, 1.54) is 38.9 Å². The van der Waals surface area contributed by atoms with Crippen molar-refractivity contribution < 1.29 is 4.74 Å². The molecule has 1 aliphatic heterocycles. The highest BCUT2D eigenvalue weighted by molar-refractivity contribution is 5.80. The fourth-order valence-electron chi connectivity index (χ4n) is 3.50. The van der Waals surface area contributed by atoms with Crippen molar-refractivity contribution in [2.45, 2.75) is 65.5 Å². The molecule has 1 fully saturated rings. The zero-order valence-corrected chi connectivity index (χ0v) is 18.0. The monoisotopic (exact) mass is 393 g/mol. The van der Waals surface area contributed by atoms with Gasteiger partial charge < -0.3 is 24.8 Å². The normalized spacial score (nSPS) is 16.5. The summed E-state index contributed by atoms with van der Waals surface area (Å²) >= 11 is 0. The first kappa shape index (κ1) is 22.6. The molecule has 0 saturated carbocycles. The number of guanidine groups is 1. The third-order valence-electron chi connectivity index (χ3n) is 5.05. The maximum Gasteiger partial charge on any atom is 0.191 e. The maximum atomic E-state index is 5.42. The lowest BCUT2D eigenvalue weighted by Gasteiger charge is -2.32. The van der Waals surface area contributed by atoms with E-state index in [4.69, 9.17) is 9.73 Å². The van der Waals surface area contributed by atoms with Crippen LogP contribution in [0.2, 0.25) is 0 Å². The number of ether oxygens (including phenoxy) is 1. The minimum Gasteiger partial charge on any atom is -0.382 e. The van der Waals surface area contributed by atoms with Crippen molar-refractivity contribution in [3.8, 4) is 0 Å². The highest BCUT2D eigenvalue weighted by Crippen LogP contribution is 2.10. The SMILES string of the molecule is CCCN1CCC(NC(=NCCCOCC)NCCn2cnnc2CC)CC1. The Morgan fingerprint density at radius 3 is 2.79 bits per heavy atom. The van der Waals surface area contributed by atoms with Crippen LogP contribution in [0, 0.1) is 0 Å². The summed E-state index contributed by atoms with van der Waals surface area (Å²) in [5, 5.41) is 15.3. The van der Waals surface area contributed by atoms with Gasteiger partial charge in [-0.3, -0.25) is 4.99 Å². The minimum atomic E-state index is 0.493. The van der Waals surface area contributed by atoms with Crippen molar-refractivity contribution in [2.24, 2.45) is 4.99 Å². The maximum absolute atomic E-state index is 5.42. The van der Waals surface area contributed by atoms with E-state index in [-0.39, 0.29) is 0 Å². The number of piperidine rings is 1. The molecule has 8 heteroatoms. The smallest absolute Gasteiger partial charge is 0.191 e. The number of nitrogens with zero attached hydrogens (tertiary/aromatic N) is 5. The number of likely N-dealkylation sites (tertiary alicyclic amines) is 1. The zero-order chi connectivity index (χ0) is 20.0. The molecule has 1 aromatic heterocycles. The average Bonchev–Trinajstić information content (AvgIpc) is 3.17. The lowest BCUT2D eigenvalue weighted by atomic mass is 10.1. The predicted octanol–water partition coefficient (Wildman–Crippen LogP) is 1.68. The van der Waals surface area contributed by atoms with Gasteiger partial charge in [-0.1, -0.05) is 13.8 Å². The molecule has 28 heavy (non-hydrogen) atoms. The van der Waals surface area contributed by atoms with E-state index < -0.39 is 0 Å². The van der Waals surface area contributed by atoms with Gasteiger partial charge in [0.05, 0.1) is 0 Å². The highest BCUT2D eigenvalue weighted by atomic mass is 16.5. The molecule has 0 amide bonds. The molecule has 0 spiro atoms.